The number of likely N-dealkylation sites (N-methyl/N-ethyl adjacent to an activating group) is 1. The van der Waals surface area contributed by atoms with Crippen LogP contribution in [0.4, 0.5) is 13.2 Å². The van der Waals surface area contributed by atoms with Gasteiger partial charge in [0.05, 0.1) is 12.5 Å². The highest BCUT2D eigenvalue weighted by atomic mass is 19.4. The summed E-state index contributed by atoms with van der Waals surface area (Å²) in [5, 5.41) is 3.05. The Morgan fingerprint density at radius 3 is 2.35 bits per heavy atom. The molecule has 102 valence electrons. The number of piperidine rings is 1. The molecule has 0 amide bonds. The van der Waals surface area contributed by atoms with Gasteiger partial charge in [-0.05, 0) is 33.0 Å². The highest BCUT2D eigenvalue weighted by Gasteiger charge is 2.41. The van der Waals surface area contributed by atoms with Gasteiger partial charge in [-0.25, -0.2) is 0 Å². The largest absolute Gasteiger partial charge is 0.391 e. The van der Waals surface area contributed by atoms with E-state index in [1.807, 2.05) is 7.05 Å². The van der Waals surface area contributed by atoms with Crippen molar-refractivity contribution in [2.75, 3.05) is 40.4 Å². The van der Waals surface area contributed by atoms with Crippen LogP contribution in [0.2, 0.25) is 0 Å². The van der Waals surface area contributed by atoms with Gasteiger partial charge in [0, 0.05) is 19.7 Å². The Morgan fingerprint density at radius 2 is 1.94 bits per heavy atom. The number of hydrogen-bond acceptors (Lipinski definition) is 3. The van der Waals surface area contributed by atoms with Crippen LogP contribution in [0.1, 0.15) is 12.8 Å². The number of rotatable bonds is 5. The third kappa shape index (κ3) is 4.44. The smallest absolute Gasteiger partial charge is 0.383 e. The van der Waals surface area contributed by atoms with Gasteiger partial charge in [-0.1, -0.05) is 0 Å². The predicted octanol–water partition coefficient (Wildman–Crippen LogP) is 1.50. The van der Waals surface area contributed by atoms with Crippen molar-refractivity contribution >= 4 is 0 Å². The molecule has 0 radical (unpaired) electrons. The molecule has 0 aromatic carbocycles. The fraction of sp³-hybridized carbons (Fsp3) is 1.00. The monoisotopic (exact) mass is 254 g/mol. The molecule has 0 aromatic heterocycles. The van der Waals surface area contributed by atoms with Gasteiger partial charge in [0.15, 0.2) is 0 Å². The molecule has 1 atom stereocenters. The molecular formula is C11H21F3N2O. The van der Waals surface area contributed by atoms with Crippen LogP contribution in [0.15, 0.2) is 0 Å². The minimum absolute atomic E-state index is 0.166. The molecule has 1 saturated heterocycles. The third-order valence-corrected chi connectivity index (χ3v) is 3.31. The van der Waals surface area contributed by atoms with E-state index >= 15 is 0 Å². The number of likely N-dealkylation sites (tertiary alicyclic amines) is 1. The second-order valence-electron chi connectivity index (χ2n) is 4.52. The average molecular weight is 254 g/mol. The molecule has 17 heavy (non-hydrogen) atoms. The van der Waals surface area contributed by atoms with E-state index in [-0.39, 0.29) is 18.9 Å². The zero-order valence-electron chi connectivity index (χ0n) is 10.4. The zero-order valence-corrected chi connectivity index (χ0v) is 10.4. The lowest BCUT2D eigenvalue weighted by Gasteiger charge is -2.37. The summed E-state index contributed by atoms with van der Waals surface area (Å²) >= 11 is 0. The van der Waals surface area contributed by atoms with Gasteiger partial charge in [-0.2, -0.15) is 13.2 Å². The SMILES string of the molecule is CNCC(COC)N1CCC(C(F)(F)F)CC1. The molecule has 0 aliphatic carbocycles. The van der Waals surface area contributed by atoms with Crippen molar-refractivity contribution in [2.24, 2.45) is 5.92 Å². The lowest BCUT2D eigenvalue weighted by molar-refractivity contribution is -0.186. The van der Waals surface area contributed by atoms with Gasteiger partial charge in [0.1, 0.15) is 0 Å². The fourth-order valence-corrected chi connectivity index (χ4v) is 2.31. The second-order valence-corrected chi connectivity index (χ2v) is 4.52. The first-order chi connectivity index (χ1) is 7.99. The van der Waals surface area contributed by atoms with E-state index in [2.05, 4.69) is 10.2 Å². The minimum Gasteiger partial charge on any atom is -0.383 e. The molecule has 1 rings (SSSR count). The summed E-state index contributed by atoms with van der Waals surface area (Å²) in [6.45, 7) is 2.29. The predicted molar refractivity (Wildman–Crippen MR) is 59.9 cm³/mol. The molecule has 6 heteroatoms. The van der Waals surface area contributed by atoms with Crippen molar-refractivity contribution in [3.8, 4) is 0 Å². The maximum Gasteiger partial charge on any atom is 0.391 e. The molecule has 3 nitrogen and oxygen atoms in total. The van der Waals surface area contributed by atoms with Crippen LogP contribution < -0.4 is 5.32 Å². The number of halogens is 3. The summed E-state index contributed by atoms with van der Waals surface area (Å²) < 4.78 is 42.6. The average Bonchev–Trinajstić information content (AvgIpc) is 2.28. The van der Waals surface area contributed by atoms with Crippen LogP contribution in [0.25, 0.3) is 0 Å². The number of hydrogen-bond donors (Lipinski definition) is 1. The molecule has 1 unspecified atom stereocenters. The van der Waals surface area contributed by atoms with Crippen molar-refractivity contribution < 1.29 is 17.9 Å². The summed E-state index contributed by atoms with van der Waals surface area (Å²) in [5.41, 5.74) is 0. The lowest BCUT2D eigenvalue weighted by atomic mass is 9.95. The van der Waals surface area contributed by atoms with E-state index in [1.54, 1.807) is 7.11 Å². The molecule has 0 spiro atoms. The number of methoxy groups -OCH3 is 1. The van der Waals surface area contributed by atoms with Crippen molar-refractivity contribution in [3.05, 3.63) is 0 Å². The first kappa shape index (κ1) is 14.7. The van der Waals surface area contributed by atoms with E-state index in [4.69, 9.17) is 4.74 Å². The first-order valence-electron chi connectivity index (χ1n) is 5.93. The molecule has 1 aliphatic heterocycles. The zero-order chi connectivity index (χ0) is 12.9. The molecule has 0 saturated carbocycles. The van der Waals surface area contributed by atoms with Gasteiger partial charge in [0.25, 0.3) is 0 Å². The number of ether oxygens (including phenoxy) is 1. The lowest BCUT2D eigenvalue weighted by Crippen LogP contribution is -2.49. The van der Waals surface area contributed by atoms with Crippen molar-refractivity contribution in [3.63, 3.8) is 0 Å². The molecule has 1 N–H and O–H groups in total. The van der Waals surface area contributed by atoms with E-state index in [0.29, 0.717) is 19.7 Å². The number of alkyl halides is 3. The first-order valence-corrected chi connectivity index (χ1v) is 5.93. The highest BCUT2D eigenvalue weighted by molar-refractivity contribution is 4.82. The van der Waals surface area contributed by atoms with Gasteiger partial charge in [-0.3, -0.25) is 4.90 Å². The molecule has 0 bridgehead atoms. The standard InChI is InChI=1S/C11H21F3N2O/c1-15-7-10(8-17-2)16-5-3-9(4-6-16)11(12,13)14/h9-10,15H,3-8H2,1-2H3. The molecular weight excluding hydrogens is 233 g/mol. The Labute approximate surface area is 100 Å². The number of nitrogens with zero attached hydrogens (tertiary/aromatic N) is 1. The van der Waals surface area contributed by atoms with Crippen LogP contribution in [0.5, 0.6) is 0 Å². The Hall–Kier alpha value is -0.330. The van der Waals surface area contributed by atoms with Crippen LogP contribution in [-0.2, 0) is 4.74 Å². The van der Waals surface area contributed by atoms with Gasteiger partial charge < -0.3 is 10.1 Å². The van der Waals surface area contributed by atoms with Crippen LogP contribution in [0.3, 0.4) is 0 Å². The highest BCUT2D eigenvalue weighted by Crippen LogP contribution is 2.34. The van der Waals surface area contributed by atoms with E-state index < -0.39 is 12.1 Å². The van der Waals surface area contributed by atoms with Crippen LogP contribution >= 0.6 is 0 Å². The van der Waals surface area contributed by atoms with Gasteiger partial charge in [-0.15, -0.1) is 0 Å². The summed E-state index contributed by atoms with van der Waals surface area (Å²) in [6.07, 6.45) is -3.63. The Balaban J connectivity index is 2.43. The van der Waals surface area contributed by atoms with Crippen molar-refractivity contribution in [2.45, 2.75) is 25.1 Å². The topological polar surface area (TPSA) is 24.5 Å². The maximum absolute atomic E-state index is 12.5. The summed E-state index contributed by atoms with van der Waals surface area (Å²) in [6, 6.07) is 0.166. The van der Waals surface area contributed by atoms with Crippen LogP contribution in [-0.4, -0.2) is 57.5 Å². The van der Waals surface area contributed by atoms with E-state index in [9.17, 15) is 13.2 Å². The molecule has 0 aromatic rings. The van der Waals surface area contributed by atoms with E-state index in [1.165, 1.54) is 0 Å². The number of nitrogens with one attached hydrogen (secondary N) is 1. The Kier molecular flexibility index (Phi) is 5.69. The normalized spacial score (nSPS) is 21.7. The minimum atomic E-state index is -4.04. The second kappa shape index (κ2) is 6.56. The third-order valence-electron chi connectivity index (χ3n) is 3.31. The van der Waals surface area contributed by atoms with E-state index in [0.717, 1.165) is 6.54 Å². The summed E-state index contributed by atoms with van der Waals surface area (Å²) in [4.78, 5) is 2.09. The Morgan fingerprint density at radius 1 is 1.35 bits per heavy atom. The summed E-state index contributed by atoms with van der Waals surface area (Å²) in [5.74, 6) is -1.13. The van der Waals surface area contributed by atoms with Gasteiger partial charge >= 0.3 is 6.18 Å². The molecule has 1 fully saturated rings. The van der Waals surface area contributed by atoms with Gasteiger partial charge in [0.2, 0.25) is 0 Å². The van der Waals surface area contributed by atoms with Crippen molar-refractivity contribution in [1.29, 1.82) is 0 Å². The Bertz CT molecular complexity index is 209. The van der Waals surface area contributed by atoms with Crippen molar-refractivity contribution in [1.82, 2.24) is 10.2 Å². The molecule has 1 heterocycles. The molecule has 1 aliphatic rings. The van der Waals surface area contributed by atoms with Crippen LogP contribution in [0, 0.1) is 5.92 Å². The quantitative estimate of drug-likeness (QED) is 0.804. The summed E-state index contributed by atoms with van der Waals surface area (Å²) in [7, 11) is 3.45. The maximum atomic E-state index is 12.5. The fourth-order valence-electron chi connectivity index (χ4n) is 2.31.